The van der Waals surface area contributed by atoms with E-state index in [2.05, 4.69) is 41.3 Å². The van der Waals surface area contributed by atoms with E-state index in [1.54, 1.807) is 0 Å². The van der Waals surface area contributed by atoms with Crippen molar-refractivity contribution in [2.75, 3.05) is 20.2 Å². The van der Waals surface area contributed by atoms with E-state index >= 15 is 0 Å². The Hall–Kier alpha value is -3.18. The molecule has 1 atom stereocenters. The highest BCUT2D eigenvalue weighted by molar-refractivity contribution is 5.72. The molecule has 1 aromatic heterocycles. The van der Waals surface area contributed by atoms with Crippen LogP contribution in [0.1, 0.15) is 23.7 Å². The van der Waals surface area contributed by atoms with Gasteiger partial charge in [0.2, 0.25) is 0 Å². The first-order valence-corrected chi connectivity index (χ1v) is 10.7. The number of ether oxygens (including phenoxy) is 2. The summed E-state index contributed by atoms with van der Waals surface area (Å²) in [5.41, 5.74) is 5.58. The third kappa shape index (κ3) is 5.30. The average Bonchev–Trinajstić information content (AvgIpc) is 2.83. The summed E-state index contributed by atoms with van der Waals surface area (Å²) < 4.78 is 10.7. The topological polar surface area (TPSA) is 51.7 Å². The Bertz CT molecular complexity index is 1020. The first-order valence-electron chi connectivity index (χ1n) is 10.7. The summed E-state index contributed by atoms with van der Waals surface area (Å²) in [5.74, 6) is 0.567. The number of carbonyl (C=O) groups is 1. The zero-order valence-electron chi connectivity index (χ0n) is 18.1. The van der Waals surface area contributed by atoms with Gasteiger partial charge in [-0.2, -0.15) is 0 Å². The number of pyridine rings is 1. The zero-order valence-corrected chi connectivity index (χ0v) is 18.1. The van der Waals surface area contributed by atoms with Gasteiger partial charge in [0.15, 0.2) is 0 Å². The van der Waals surface area contributed by atoms with Gasteiger partial charge in [0.05, 0.1) is 18.7 Å². The maximum Gasteiger partial charge on any atom is 0.309 e. The molecule has 0 saturated carbocycles. The lowest BCUT2D eigenvalue weighted by Gasteiger charge is -2.29. The minimum Gasteiger partial charge on any atom is -0.489 e. The molecule has 160 valence electrons. The monoisotopic (exact) mass is 416 g/mol. The van der Waals surface area contributed by atoms with E-state index < -0.39 is 0 Å². The van der Waals surface area contributed by atoms with Crippen LogP contribution >= 0.6 is 0 Å². The molecule has 0 amide bonds. The highest BCUT2D eigenvalue weighted by atomic mass is 16.5. The minimum absolute atomic E-state index is 0.124. The number of esters is 1. The van der Waals surface area contributed by atoms with Crippen LogP contribution in [0.25, 0.3) is 11.3 Å². The van der Waals surface area contributed by atoms with Crippen molar-refractivity contribution < 1.29 is 14.3 Å². The van der Waals surface area contributed by atoms with Gasteiger partial charge in [-0.15, -0.1) is 0 Å². The summed E-state index contributed by atoms with van der Waals surface area (Å²) in [7, 11) is 1.44. The van der Waals surface area contributed by atoms with Crippen LogP contribution in [0.2, 0.25) is 0 Å². The second kappa shape index (κ2) is 9.75. The average molecular weight is 417 g/mol. The number of benzene rings is 2. The molecule has 1 unspecified atom stereocenters. The first-order chi connectivity index (χ1) is 15.1. The smallest absolute Gasteiger partial charge is 0.309 e. The molecule has 1 aliphatic rings. The molecule has 4 rings (SSSR count). The number of carbonyl (C=O) groups excluding carboxylic acids is 1. The number of rotatable bonds is 7. The summed E-state index contributed by atoms with van der Waals surface area (Å²) in [6.07, 6.45) is 0.884. The van der Waals surface area contributed by atoms with Crippen LogP contribution in [-0.4, -0.2) is 36.1 Å². The largest absolute Gasteiger partial charge is 0.489 e. The normalized spacial score (nSPS) is 14.5. The number of nitrogens with zero attached hydrogens (tertiary/aromatic N) is 2. The second-order valence-corrected chi connectivity index (χ2v) is 8.01. The third-order valence-electron chi connectivity index (χ3n) is 5.66. The lowest BCUT2D eigenvalue weighted by molar-refractivity contribution is -0.145. The van der Waals surface area contributed by atoms with Gasteiger partial charge >= 0.3 is 5.97 Å². The molecule has 5 nitrogen and oxygen atoms in total. The second-order valence-electron chi connectivity index (χ2n) is 8.01. The Morgan fingerprint density at radius 3 is 2.58 bits per heavy atom. The van der Waals surface area contributed by atoms with Gasteiger partial charge in [0, 0.05) is 37.3 Å². The van der Waals surface area contributed by atoms with Gasteiger partial charge in [-0.1, -0.05) is 43.3 Å². The molecular weight excluding hydrogens is 388 g/mol. The molecule has 0 bridgehead atoms. The predicted molar refractivity (Wildman–Crippen MR) is 121 cm³/mol. The van der Waals surface area contributed by atoms with Crippen molar-refractivity contribution in [1.82, 2.24) is 9.88 Å². The maximum absolute atomic E-state index is 11.7. The Morgan fingerprint density at radius 1 is 1.06 bits per heavy atom. The van der Waals surface area contributed by atoms with Crippen LogP contribution in [0, 0.1) is 5.92 Å². The Balaban J connectivity index is 1.38. The fourth-order valence-electron chi connectivity index (χ4n) is 3.92. The molecule has 3 aromatic rings. The van der Waals surface area contributed by atoms with Crippen LogP contribution < -0.4 is 4.74 Å². The van der Waals surface area contributed by atoms with E-state index in [-0.39, 0.29) is 11.9 Å². The lowest BCUT2D eigenvalue weighted by atomic mass is 10.0. The number of aromatic nitrogens is 1. The van der Waals surface area contributed by atoms with Gasteiger partial charge < -0.3 is 9.47 Å². The molecule has 2 heterocycles. The molecule has 31 heavy (non-hydrogen) atoms. The summed E-state index contributed by atoms with van der Waals surface area (Å²) in [5, 5.41) is 0. The van der Waals surface area contributed by atoms with Gasteiger partial charge in [0.1, 0.15) is 12.4 Å². The fraction of sp³-hybridized carbons (Fsp3) is 0.308. The molecular formula is C26H28N2O3. The van der Waals surface area contributed by atoms with Crippen LogP contribution in [0.3, 0.4) is 0 Å². The van der Waals surface area contributed by atoms with Crippen molar-refractivity contribution in [2.45, 2.75) is 26.5 Å². The Kier molecular flexibility index (Phi) is 6.63. The van der Waals surface area contributed by atoms with Gasteiger partial charge in [0.25, 0.3) is 0 Å². The molecule has 0 fully saturated rings. The van der Waals surface area contributed by atoms with Gasteiger partial charge in [-0.05, 0) is 41.5 Å². The van der Waals surface area contributed by atoms with Crippen molar-refractivity contribution in [3.05, 3.63) is 83.6 Å². The van der Waals surface area contributed by atoms with E-state index in [4.69, 9.17) is 14.5 Å². The van der Waals surface area contributed by atoms with Crippen molar-refractivity contribution in [1.29, 1.82) is 0 Å². The van der Waals surface area contributed by atoms with Gasteiger partial charge in [-0.25, -0.2) is 0 Å². The highest BCUT2D eigenvalue weighted by Crippen LogP contribution is 2.25. The third-order valence-corrected chi connectivity index (χ3v) is 5.66. The summed E-state index contributed by atoms with van der Waals surface area (Å²) >= 11 is 0. The van der Waals surface area contributed by atoms with Crippen molar-refractivity contribution in [3.63, 3.8) is 0 Å². The molecule has 2 aromatic carbocycles. The molecule has 0 N–H and O–H groups in total. The molecule has 1 aliphatic heterocycles. The van der Waals surface area contributed by atoms with Crippen LogP contribution in [-0.2, 0) is 29.1 Å². The van der Waals surface area contributed by atoms with Crippen LogP contribution in [0.15, 0.2) is 66.7 Å². The highest BCUT2D eigenvalue weighted by Gasteiger charge is 2.22. The van der Waals surface area contributed by atoms with Crippen molar-refractivity contribution >= 4 is 5.97 Å². The summed E-state index contributed by atoms with van der Waals surface area (Å²) in [6.45, 7) is 4.89. The SMILES string of the molecule is COC(=O)C(C)CN1CCc2nc(-c3ccc(OCc4ccccc4)cc3)ccc2C1. The van der Waals surface area contributed by atoms with Crippen molar-refractivity contribution in [3.8, 4) is 17.0 Å². The quantitative estimate of drug-likeness (QED) is 0.531. The van der Waals surface area contributed by atoms with E-state index in [1.807, 2.05) is 37.3 Å². The number of methoxy groups -OCH3 is 1. The Labute approximate surface area is 183 Å². The van der Waals surface area contributed by atoms with E-state index in [9.17, 15) is 4.79 Å². The lowest BCUT2D eigenvalue weighted by Crippen LogP contribution is -2.36. The molecule has 0 radical (unpaired) electrons. The van der Waals surface area contributed by atoms with E-state index in [0.29, 0.717) is 13.2 Å². The molecule has 0 spiro atoms. The minimum atomic E-state index is -0.157. The maximum atomic E-state index is 11.7. The summed E-state index contributed by atoms with van der Waals surface area (Å²) in [6, 6.07) is 22.5. The fourth-order valence-corrected chi connectivity index (χ4v) is 3.92. The molecule has 0 aliphatic carbocycles. The Morgan fingerprint density at radius 2 is 1.84 bits per heavy atom. The zero-order chi connectivity index (χ0) is 21.6. The first kappa shape index (κ1) is 21.1. The van der Waals surface area contributed by atoms with Crippen LogP contribution in [0.4, 0.5) is 0 Å². The summed E-state index contributed by atoms with van der Waals surface area (Å²) in [4.78, 5) is 18.9. The molecule has 0 saturated heterocycles. The van der Waals surface area contributed by atoms with Crippen LogP contribution in [0.5, 0.6) is 5.75 Å². The van der Waals surface area contributed by atoms with E-state index in [0.717, 1.165) is 47.8 Å². The number of fused-ring (bicyclic) bond motifs is 1. The predicted octanol–water partition coefficient (Wildman–Crippen LogP) is 4.49. The number of hydrogen-bond acceptors (Lipinski definition) is 5. The van der Waals surface area contributed by atoms with E-state index in [1.165, 1.54) is 12.7 Å². The van der Waals surface area contributed by atoms with Gasteiger partial charge in [-0.3, -0.25) is 14.7 Å². The molecule has 5 heteroatoms. The number of hydrogen-bond donors (Lipinski definition) is 0. The van der Waals surface area contributed by atoms with Crippen molar-refractivity contribution in [2.24, 2.45) is 5.92 Å². The standard InChI is InChI=1S/C26H28N2O3/c1-19(26(29)30-2)16-28-15-14-25-22(17-28)10-13-24(27-25)21-8-11-23(12-9-21)31-18-20-6-4-3-5-7-20/h3-13,19H,14-18H2,1-2H3.